The second-order valence-electron chi connectivity index (χ2n) is 7.09. The smallest absolute Gasteiger partial charge is 0.107 e. The molecule has 114 valence electrons. The number of aromatic amines is 1. The molecule has 0 radical (unpaired) electrons. The molecule has 0 aliphatic heterocycles. The molecule has 1 fully saturated rings. The molecule has 1 aromatic heterocycles. The van der Waals surface area contributed by atoms with Gasteiger partial charge in [0.25, 0.3) is 0 Å². The van der Waals surface area contributed by atoms with Crippen molar-refractivity contribution < 1.29 is 5.11 Å². The molecule has 1 heterocycles. The van der Waals surface area contributed by atoms with Gasteiger partial charge in [0.2, 0.25) is 0 Å². The van der Waals surface area contributed by atoms with Crippen LogP contribution < -0.4 is 5.73 Å². The van der Waals surface area contributed by atoms with Crippen molar-refractivity contribution >= 4 is 11.0 Å². The van der Waals surface area contributed by atoms with Crippen molar-refractivity contribution in [3.8, 4) is 0 Å². The lowest BCUT2D eigenvalue weighted by Gasteiger charge is -2.32. The molecule has 4 heteroatoms. The molecular weight excluding hydrogens is 262 g/mol. The second-order valence-corrected chi connectivity index (χ2v) is 7.09. The van der Waals surface area contributed by atoms with E-state index >= 15 is 0 Å². The fourth-order valence-electron chi connectivity index (χ4n) is 3.05. The molecule has 3 rings (SSSR count). The van der Waals surface area contributed by atoms with Crippen molar-refractivity contribution in [2.24, 2.45) is 11.7 Å². The van der Waals surface area contributed by atoms with Gasteiger partial charge in [0.05, 0.1) is 17.6 Å². The Labute approximate surface area is 125 Å². The third-order valence-corrected chi connectivity index (χ3v) is 4.77. The SMILES string of the molecule is CC(C)(CO)c1ccc2[nH]c(CCC3CC(N)C3)nc2c1. The average molecular weight is 287 g/mol. The van der Waals surface area contributed by atoms with E-state index in [1.165, 1.54) is 6.42 Å². The molecular formula is C17H25N3O. The molecule has 1 aliphatic carbocycles. The van der Waals surface area contributed by atoms with Crippen molar-refractivity contribution in [1.82, 2.24) is 9.97 Å². The van der Waals surface area contributed by atoms with E-state index in [4.69, 9.17) is 10.7 Å². The van der Waals surface area contributed by atoms with Gasteiger partial charge in [-0.25, -0.2) is 4.98 Å². The summed E-state index contributed by atoms with van der Waals surface area (Å²) >= 11 is 0. The van der Waals surface area contributed by atoms with Crippen LogP contribution in [0.5, 0.6) is 0 Å². The highest BCUT2D eigenvalue weighted by molar-refractivity contribution is 5.76. The van der Waals surface area contributed by atoms with E-state index in [1.54, 1.807) is 0 Å². The van der Waals surface area contributed by atoms with Crippen molar-refractivity contribution in [2.45, 2.75) is 51.0 Å². The number of aliphatic hydroxyl groups excluding tert-OH is 1. The van der Waals surface area contributed by atoms with Gasteiger partial charge >= 0.3 is 0 Å². The molecule has 1 saturated carbocycles. The first-order valence-electron chi connectivity index (χ1n) is 7.83. The fourth-order valence-corrected chi connectivity index (χ4v) is 3.05. The summed E-state index contributed by atoms with van der Waals surface area (Å²) in [6.45, 7) is 4.22. The largest absolute Gasteiger partial charge is 0.395 e. The van der Waals surface area contributed by atoms with Gasteiger partial charge in [-0.15, -0.1) is 0 Å². The summed E-state index contributed by atoms with van der Waals surface area (Å²) in [6, 6.07) is 6.66. The van der Waals surface area contributed by atoms with Gasteiger partial charge in [-0.2, -0.15) is 0 Å². The topological polar surface area (TPSA) is 74.9 Å². The van der Waals surface area contributed by atoms with Crippen molar-refractivity contribution in [3.05, 3.63) is 29.6 Å². The number of imidazole rings is 1. The Bertz CT molecular complexity index is 626. The normalized spacial score (nSPS) is 22.5. The predicted molar refractivity (Wildman–Crippen MR) is 85.2 cm³/mol. The van der Waals surface area contributed by atoms with Gasteiger partial charge in [-0.05, 0) is 42.9 Å². The summed E-state index contributed by atoms with van der Waals surface area (Å²) in [7, 11) is 0. The van der Waals surface area contributed by atoms with E-state index in [0.29, 0.717) is 6.04 Å². The number of H-pyrrole nitrogens is 1. The molecule has 1 aliphatic rings. The number of hydrogen-bond donors (Lipinski definition) is 3. The van der Waals surface area contributed by atoms with E-state index in [2.05, 4.69) is 23.2 Å². The van der Waals surface area contributed by atoms with Crippen LogP contribution in [-0.4, -0.2) is 27.7 Å². The van der Waals surface area contributed by atoms with Crippen LogP contribution in [0.3, 0.4) is 0 Å². The number of nitrogens with one attached hydrogen (secondary N) is 1. The van der Waals surface area contributed by atoms with Crippen molar-refractivity contribution in [3.63, 3.8) is 0 Å². The quantitative estimate of drug-likeness (QED) is 0.791. The highest BCUT2D eigenvalue weighted by atomic mass is 16.3. The average Bonchev–Trinajstić information content (AvgIpc) is 2.84. The number of aryl methyl sites for hydroxylation is 1. The minimum atomic E-state index is -0.227. The number of benzene rings is 1. The van der Waals surface area contributed by atoms with E-state index < -0.39 is 0 Å². The zero-order chi connectivity index (χ0) is 15.0. The number of hydrogen-bond acceptors (Lipinski definition) is 3. The van der Waals surface area contributed by atoms with Gasteiger partial charge in [0.15, 0.2) is 0 Å². The molecule has 1 aromatic carbocycles. The molecule has 0 amide bonds. The summed E-state index contributed by atoms with van der Waals surface area (Å²) in [6.07, 6.45) is 4.48. The van der Waals surface area contributed by atoms with Gasteiger partial charge in [-0.1, -0.05) is 19.9 Å². The van der Waals surface area contributed by atoms with Crippen LogP contribution in [0, 0.1) is 5.92 Å². The molecule has 0 saturated heterocycles. The molecule has 0 atom stereocenters. The molecule has 4 nitrogen and oxygen atoms in total. The summed E-state index contributed by atoms with van der Waals surface area (Å²) in [5.41, 5.74) is 8.80. The second kappa shape index (κ2) is 5.43. The van der Waals surface area contributed by atoms with Crippen LogP contribution >= 0.6 is 0 Å². The minimum absolute atomic E-state index is 0.137. The van der Waals surface area contributed by atoms with Gasteiger partial charge in [0.1, 0.15) is 5.82 Å². The lowest BCUT2D eigenvalue weighted by Crippen LogP contribution is -2.36. The zero-order valence-electron chi connectivity index (χ0n) is 12.9. The van der Waals surface area contributed by atoms with Crippen LogP contribution in [0.2, 0.25) is 0 Å². The Morgan fingerprint density at radius 3 is 2.81 bits per heavy atom. The Kier molecular flexibility index (Phi) is 3.76. The number of nitrogens with two attached hydrogens (primary N) is 1. The van der Waals surface area contributed by atoms with Crippen LogP contribution in [0.15, 0.2) is 18.2 Å². The van der Waals surface area contributed by atoms with Crippen LogP contribution in [0.25, 0.3) is 11.0 Å². The lowest BCUT2D eigenvalue weighted by molar-refractivity contribution is 0.218. The highest BCUT2D eigenvalue weighted by Crippen LogP contribution is 2.30. The maximum Gasteiger partial charge on any atom is 0.107 e. The van der Waals surface area contributed by atoms with Gasteiger partial charge in [-0.3, -0.25) is 0 Å². The van der Waals surface area contributed by atoms with Crippen LogP contribution in [0.4, 0.5) is 0 Å². The number of aromatic nitrogens is 2. The Morgan fingerprint density at radius 2 is 2.14 bits per heavy atom. The summed E-state index contributed by atoms with van der Waals surface area (Å²) in [5, 5.41) is 9.49. The Hall–Kier alpha value is -1.39. The Balaban J connectivity index is 1.74. The van der Waals surface area contributed by atoms with E-state index in [9.17, 15) is 5.11 Å². The third-order valence-electron chi connectivity index (χ3n) is 4.77. The Morgan fingerprint density at radius 1 is 1.38 bits per heavy atom. The van der Waals surface area contributed by atoms with Crippen LogP contribution in [0.1, 0.15) is 44.5 Å². The standard InChI is InChI=1S/C17H25N3O/c1-17(2,10-21)12-4-5-14-15(9-12)20-16(19-14)6-3-11-7-13(18)8-11/h4-5,9,11,13,21H,3,6-8,10,18H2,1-2H3,(H,19,20). The third kappa shape index (κ3) is 2.97. The van der Waals surface area contributed by atoms with Gasteiger partial charge in [0, 0.05) is 17.9 Å². The van der Waals surface area contributed by atoms with E-state index in [-0.39, 0.29) is 12.0 Å². The highest BCUT2D eigenvalue weighted by Gasteiger charge is 2.25. The minimum Gasteiger partial charge on any atom is -0.395 e. The number of aliphatic hydroxyl groups is 1. The monoisotopic (exact) mass is 287 g/mol. The number of nitrogens with zero attached hydrogens (tertiary/aromatic N) is 1. The summed E-state index contributed by atoms with van der Waals surface area (Å²) in [5.74, 6) is 1.83. The van der Waals surface area contributed by atoms with Gasteiger partial charge < -0.3 is 15.8 Å². The zero-order valence-corrected chi connectivity index (χ0v) is 12.9. The summed E-state index contributed by atoms with van der Waals surface area (Å²) in [4.78, 5) is 8.10. The first kappa shape index (κ1) is 14.5. The molecule has 2 aromatic rings. The number of fused-ring (bicyclic) bond motifs is 1. The first-order valence-corrected chi connectivity index (χ1v) is 7.83. The maximum atomic E-state index is 9.49. The van der Waals surface area contributed by atoms with E-state index in [1.807, 2.05) is 13.8 Å². The molecule has 21 heavy (non-hydrogen) atoms. The number of rotatable bonds is 5. The van der Waals surface area contributed by atoms with Crippen molar-refractivity contribution in [1.29, 1.82) is 0 Å². The maximum absolute atomic E-state index is 9.49. The fraction of sp³-hybridized carbons (Fsp3) is 0.588. The predicted octanol–water partition coefficient (Wildman–Crippen LogP) is 2.50. The lowest BCUT2D eigenvalue weighted by atomic mass is 9.78. The molecule has 0 spiro atoms. The molecule has 4 N–H and O–H groups in total. The molecule has 0 bridgehead atoms. The first-order chi connectivity index (χ1) is 9.98. The molecule has 0 unspecified atom stereocenters. The summed E-state index contributed by atoms with van der Waals surface area (Å²) < 4.78 is 0. The van der Waals surface area contributed by atoms with Crippen LogP contribution in [-0.2, 0) is 11.8 Å². The van der Waals surface area contributed by atoms with E-state index in [0.717, 1.165) is 47.6 Å². The van der Waals surface area contributed by atoms with Crippen molar-refractivity contribution in [2.75, 3.05) is 6.61 Å².